The lowest BCUT2D eigenvalue weighted by molar-refractivity contribution is 0.186. The van der Waals surface area contributed by atoms with Crippen molar-refractivity contribution in [2.24, 2.45) is 0 Å². The van der Waals surface area contributed by atoms with Crippen LogP contribution in [0.25, 0.3) is 10.9 Å². The number of nitrogens with zero attached hydrogens (tertiary/aromatic N) is 7. The highest BCUT2D eigenvalue weighted by molar-refractivity contribution is 5.81. The minimum absolute atomic E-state index is 0.0530. The van der Waals surface area contributed by atoms with E-state index in [0.29, 0.717) is 29.7 Å². The molecule has 1 aliphatic heterocycles. The van der Waals surface area contributed by atoms with Crippen LogP contribution in [-0.2, 0) is 11.3 Å². The monoisotopic (exact) mass is 391 g/mol. The predicted octanol–water partition coefficient (Wildman–Crippen LogP) is 1.03. The van der Waals surface area contributed by atoms with Gasteiger partial charge < -0.3 is 14.5 Å². The summed E-state index contributed by atoms with van der Waals surface area (Å²) in [5, 5.41) is 9.45. The van der Waals surface area contributed by atoms with Crippen LogP contribution >= 0.6 is 0 Å². The van der Waals surface area contributed by atoms with Gasteiger partial charge in [0.15, 0.2) is 5.69 Å². The van der Waals surface area contributed by atoms with Crippen molar-refractivity contribution in [2.75, 3.05) is 49.7 Å². The van der Waals surface area contributed by atoms with Gasteiger partial charge in [0.1, 0.15) is 11.9 Å². The highest BCUT2D eigenvalue weighted by atomic mass is 16.5. The fraction of sp³-hybridized carbons (Fsp3) is 0.350. The molecule has 3 heterocycles. The van der Waals surface area contributed by atoms with Crippen molar-refractivity contribution in [3.8, 4) is 6.07 Å². The summed E-state index contributed by atoms with van der Waals surface area (Å²) in [5.41, 5.74) is 2.01. The predicted molar refractivity (Wildman–Crippen MR) is 109 cm³/mol. The van der Waals surface area contributed by atoms with Gasteiger partial charge in [0.05, 0.1) is 42.8 Å². The van der Waals surface area contributed by atoms with E-state index in [1.165, 1.54) is 6.20 Å². The van der Waals surface area contributed by atoms with Gasteiger partial charge in [-0.25, -0.2) is 15.0 Å². The first-order valence-corrected chi connectivity index (χ1v) is 9.40. The van der Waals surface area contributed by atoms with E-state index >= 15 is 0 Å². The van der Waals surface area contributed by atoms with Crippen molar-refractivity contribution in [2.45, 2.75) is 6.54 Å². The number of aromatic nitrogens is 4. The third-order valence-corrected chi connectivity index (χ3v) is 5.07. The average molecular weight is 391 g/mol. The molecule has 0 bridgehead atoms. The molecule has 9 heteroatoms. The smallest absolute Gasteiger partial charge is 0.261 e. The first-order valence-electron chi connectivity index (χ1n) is 9.40. The second-order valence-corrected chi connectivity index (χ2v) is 6.78. The van der Waals surface area contributed by atoms with Gasteiger partial charge in [0.2, 0.25) is 0 Å². The molecule has 3 aromatic rings. The van der Waals surface area contributed by atoms with Crippen LogP contribution in [0.3, 0.4) is 0 Å². The molecule has 1 saturated heterocycles. The number of ether oxygens (including phenoxy) is 1. The van der Waals surface area contributed by atoms with E-state index in [4.69, 9.17) is 10.00 Å². The molecule has 29 heavy (non-hydrogen) atoms. The van der Waals surface area contributed by atoms with Crippen LogP contribution in [0.1, 0.15) is 5.69 Å². The Kier molecular flexibility index (Phi) is 5.35. The molecule has 0 aliphatic carbocycles. The molecule has 0 radical (unpaired) electrons. The van der Waals surface area contributed by atoms with Crippen LogP contribution < -0.4 is 15.4 Å². The Bertz CT molecular complexity index is 1100. The molecule has 1 aliphatic rings. The topological polar surface area (TPSA) is 100 Å². The first-order chi connectivity index (χ1) is 14.2. The van der Waals surface area contributed by atoms with Crippen molar-refractivity contribution < 1.29 is 4.74 Å². The second kappa shape index (κ2) is 8.24. The summed E-state index contributed by atoms with van der Waals surface area (Å²) in [4.78, 5) is 29.9. The van der Waals surface area contributed by atoms with Gasteiger partial charge in [-0.1, -0.05) is 0 Å². The van der Waals surface area contributed by atoms with Crippen LogP contribution in [-0.4, -0.2) is 59.4 Å². The third kappa shape index (κ3) is 3.88. The highest BCUT2D eigenvalue weighted by Gasteiger charge is 2.19. The zero-order chi connectivity index (χ0) is 20.2. The van der Waals surface area contributed by atoms with Crippen LogP contribution in [0.2, 0.25) is 0 Å². The fourth-order valence-corrected chi connectivity index (χ4v) is 3.43. The minimum atomic E-state index is -0.0530. The highest BCUT2D eigenvalue weighted by Crippen LogP contribution is 2.22. The summed E-state index contributed by atoms with van der Waals surface area (Å²) >= 11 is 0. The Labute approximate surface area is 167 Å². The number of fused-ring (bicyclic) bond motifs is 1. The van der Waals surface area contributed by atoms with Gasteiger partial charge in [0.25, 0.3) is 5.56 Å². The number of rotatable bonds is 5. The maximum Gasteiger partial charge on any atom is 0.261 e. The molecular formula is C20H21N7O2. The molecule has 0 unspecified atom stereocenters. The Morgan fingerprint density at radius 3 is 2.59 bits per heavy atom. The van der Waals surface area contributed by atoms with Gasteiger partial charge >= 0.3 is 0 Å². The van der Waals surface area contributed by atoms with Gasteiger partial charge in [-0.3, -0.25) is 9.36 Å². The second-order valence-electron chi connectivity index (χ2n) is 6.78. The molecule has 4 rings (SSSR count). The molecule has 0 N–H and O–H groups in total. The van der Waals surface area contributed by atoms with E-state index in [-0.39, 0.29) is 5.56 Å². The number of anilines is 2. The van der Waals surface area contributed by atoms with Crippen LogP contribution in [0.15, 0.2) is 41.7 Å². The molecule has 9 nitrogen and oxygen atoms in total. The quantitative estimate of drug-likeness (QED) is 0.636. The van der Waals surface area contributed by atoms with Crippen molar-refractivity contribution in [1.29, 1.82) is 5.26 Å². The van der Waals surface area contributed by atoms with E-state index in [0.717, 1.165) is 37.7 Å². The Morgan fingerprint density at radius 2 is 1.90 bits per heavy atom. The molecule has 0 atom stereocenters. The molecular weight excluding hydrogens is 370 g/mol. The summed E-state index contributed by atoms with van der Waals surface area (Å²) in [7, 11) is 1.61. The largest absolute Gasteiger partial charge is 0.383 e. The number of hydrogen-bond acceptors (Lipinski definition) is 8. The normalized spacial score (nSPS) is 14.2. The standard InChI is InChI=1S/C20H21N7O2/c1-29-9-8-27-14-24-18-10-16(2-3-17(18)20(27)28)25-4-6-26(7-5-25)19-13-22-15(11-21)12-23-19/h2-3,10,12-14H,4-9H2,1H3. The minimum Gasteiger partial charge on any atom is -0.383 e. The lowest BCUT2D eigenvalue weighted by Crippen LogP contribution is -2.46. The summed E-state index contributed by atoms with van der Waals surface area (Å²) in [5.74, 6) is 0.778. The van der Waals surface area contributed by atoms with E-state index < -0.39 is 0 Å². The molecule has 1 fully saturated rings. The molecule has 2 aromatic heterocycles. The van der Waals surface area contributed by atoms with E-state index in [1.54, 1.807) is 24.2 Å². The van der Waals surface area contributed by atoms with Gasteiger partial charge in [0, 0.05) is 39.0 Å². The maximum atomic E-state index is 12.6. The first kappa shape index (κ1) is 18.8. The van der Waals surface area contributed by atoms with Gasteiger partial charge in [-0.15, -0.1) is 0 Å². The Hall–Kier alpha value is -3.51. The Morgan fingerprint density at radius 1 is 1.10 bits per heavy atom. The number of nitriles is 1. The van der Waals surface area contributed by atoms with Crippen molar-refractivity contribution in [1.82, 2.24) is 19.5 Å². The summed E-state index contributed by atoms with van der Waals surface area (Å²) in [6.45, 7) is 4.19. The zero-order valence-electron chi connectivity index (χ0n) is 16.2. The van der Waals surface area contributed by atoms with Gasteiger partial charge in [-0.2, -0.15) is 5.26 Å². The molecule has 0 amide bonds. The van der Waals surface area contributed by atoms with Crippen LogP contribution in [0.4, 0.5) is 11.5 Å². The summed E-state index contributed by atoms with van der Waals surface area (Å²) < 4.78 is 6.62. The van der Waals surface area contributed by atoms with Crippen molar-refractivity contribution in [3.63, 3.8) is 0 Å². The molecule has 0 saturated carbocycles. The number of methoxy groups -OCH3 is 1. The van der Waals surface area contributed by atoms with Crippen molar-refractivity contribution >= 4 is 22.4 Å². The van der Waals surface area contributed by atoms with E-state index in [1.807, 2.05) is 24.3 Å². The average Bonchev–Trinajstić information content (AvgIpc) is 2.78. The Balaban J connectivity index is 1.48. The van der Waals surface area contributed by atoms with Crippen molar-refractivity contribution in [3.05, 3.63) is 53.0 Å². The fourth-order valence-electron chi connectivity index (χ4n) is 3.43. The lowest BCUT2D eigenvalue weighted by Gasteiger charge is -2.36. The van der Waals surface area contributed by atoms with Crippen LogP contribution in [0.5, 0.6) is 0 Å². The molecule has 148 valence electrons. The summed E-state index contributed by atoms with van der Waals surface area (Å²) in [6.07, 6.45) is 4.72. The number of piperazine rings is 1. The molecule has 1 aromatic carbocycles. The maximum absolute atomic E-state index is 12.6. The SMILES string of the molecule is COCCn1cnc2cc(N3CCN(c4cnc(C#N)cn4)CC3)ccc2c1=O. The number of hydrogen-bond donors (Lipinski definition) is 0. The molecule has 0 spiro atoms. The van der Waals surface area contributed by atoms with E-state index in [2.05, 4.69) is 24.8 Å². The lowest BCUT2D eigenvalue weighted by atomic mass is 10.2. The third-order valence-electron chi connectivity index (χ3n) is 5.07. The van der Waals surface area contributed by atoms with Gasteiger partial charge in [-0.05, 0) is 18.2 Å². The summed E-state index contributed by atoms with van der Waals surface area (Å²) in [6, 6.07) is 7.77. The number of benzene rings is 1. The van der Waals surface area contributed by atoms with Crippen LogP contribution in [0, 0.1) is 11.3 Å². The van der Waals surface area contributed by atoms with E-state index in [9.17, 15) is 4.79 Å². The zero-order valence-corrected chi connectivity index (χ0v) is 16.2.